The van der Waals surface area contributed by atoms with Crippen molar-refractivity contribution in [3.05, 3.63) is 29.8 Å². The van der Waals surface area contributed by atoms with Crippen molar-refractivity contribution >= 4 is 15.9 Å². The van der Waals surface area contributed by atoms with Crippen LogP contribution in [0.4, 0.5) is 13.2 Å². The lowest BCUT2D eigenvalue weighted by atomic mass is 9.85. The summed E-state index contributed by atoms with van der Waals surface area (Å²) in [5, 5.41) is 0. The van der Waals surface area contributed by atoms with Crippen LogP contribution in [0.3, 0.4) is 0 Å². The maximum absolute atomic E-state index is 13.3. The van der Waals surface area contributed by atoms with Gasteiger partial charge in [0.1, 0.15) is 0 Å². The van der Waals surface area contributed by atoms with E-state index in [1.54, 1.807) is 13.8 Å². The highest BCUT2D eigenvalue weighted by molar-refractivity contribution is 7.89. The average molecular weight is 349 g/mol. The predicted octanol–water partition coefficient (Wildman–Crippen LogP) is 3.26. The standard InChI is InChI=1S/C15H18F3NO3S/c1-3-4-5-12-13(15(16,17)18)19(14(12)20)23(21,22)11-8-6-10(2)7-9-11/h6-9,12-13H,3-5H2,1-2H3. The molecule has 1 saturated heterocycles. The fourth-order valence-corrected chi connectivity index (χ4v) is 4.32. The topological polar surface area (TPSA) is 54.5 Å². The first kappa shape index (κ1) is 17.8. The Morgan fingerprint density at radius 3 is 2.22 bits per heavy atom. The molecule has 2 atom stereocenters. The monoisotopic (exact) mass is 349 g/mol. The molecular formula is C15H18F3NO3S. The maximum atomic E-state index is 13.3. The molecule has 1 aliphatic heterocycles. The Morgan fingerprint density at radius 2 is 1.74 bits per heavy atom. The smallest absolute Gasteiger partial charge is 0.273 e. The summed E-state index contributed by atoms with van der Waals surface area (Å²) in [6, 6.07) is 3.12. The highest BCUT2D eigenvalue weighted by Crippen LogP contribution is 2.44. The van der Waals surface area contributed by atoms with Crippen molar-refractivity contribution in [2.75, 3.05) is 0 Å². The number of alkyl halides is 3. The lowest BCUT2D eigenvalue weighted by molar-refractivity contribution is -0.215. The number of amides is 1. The molecule has 23 heavy (non-hydrogen) atoms. The molecule has 1 aliphatic rings. The van der Waals surface area contributed by atoms with Gasteiger partial charge in [0.2, 0.25) is 5.91 Å². The van der Waals surface area contributed by atoms with Crippen LogP contribution in [-0.2, 0) is 14.8 Å². The number of halogens is 3. The number of β-lactam (4-membered cyclic amide) rings is 1. The SMILES string of the molecule is CCCCC1C(=O)N(S(=O)(=O)c2ccc(C)cc2)C1C(F)(F)F. The number of unbranched alkanes of at least 4 members (excludes halogenated alkanes) is 1. The van der Waals surface area contributed by atoms with Gasteiger partial charge in [-0.1, -0.05) is 37.5 Å². The van der Waals surface area contributed by atoms with E-state index in [1.165, 1.54) is 24.3 Å². The largest absolute Gasteiger partial charge is 0.410 e. The van der Waals surface area contributed by atoms with Crippen molar-refractivity contribution in [3.63, 3.8) is 0 Å². The van der Waals surface area contributed by atoms with Gasteiger partial charge in [0.05, 0.1) is 10.8 Å². The number of carbonyl (C=O) groups excluding carboxylic acids is 1. The van der Waals surface area contributed by atoms with E-state index in [9.17, 15) is 26.4 Å². The number of nitrogens with zero attached hydrogens (tertiary/aromatic N) is 1. The highest BCUT2D eigenvalue weighted by atomic mass is 32.2. The summed E-state index contributed by atoms with van der Waals surface area (Å²) in [5.74, 6) is -2.28. The minimum absolute atomic E-state index is 0.00199. The summed E-state index contributed by atoms with van der Waals surface area (Å²) in [4.78, 5) is 11.8. The van der Waals surface area contributed by atoms with Gasteiger partial charge in [-0.2, -0.15) is 13.2 Å². The molecule has 0 spiro atoms. The zero-order valence-corrected chi connectivity index (χ0v) is 13.6. The Morgan fingerprint density at radius 1 is 1.17 bits per heavy atom. The molecule has 1 aromatic carbocycles. The van der Waals surface area contributed by atoms with Crippen molar-refractivity contribution in [1.29, 1.82) is 0 Å². The third-order valence-corrected chi connectivity index (χ3v) is 5.74. The normalized spacial score (nSPS) is 22.1. The Labute approximate surface area is 133 Å². The van der Waals surface area contributed by atoms with Crippen molar-refractivity contribution in [2.24, 2.45) is 5.92 Å². The molecule has 0 aromatic heterocycles. The fraction of sp³-hybridized carbons (Fsp3) is 0.533. The van der Waals surface area contributed by atoms with Crippen molar-refractivity contribution < 1.29 is 26.4 Å². The van der Waals surface area contributed by atoms with E-state index in [1.807, 2.05) is 0 Å². The molecule has 1 heterocycles. The molecule has 2 rings (SSSR count). The van der Waals surface area contributed by atoms with Crippen LogP contribution in [0.25, 0.3) is 0 Å². The quantitative estimate of drug-likeness (QED) is 0.767. The van der Waals surface area contributed by atoms with E-state index < -0.39 is 34.1 Å². The van der Waals surface area contributed by atoms with E-state index in [2.05, 4.69) is 0 Å². The summed E-state index contributed by atoms with van der Waals surface area (Å²) < 4.78 is 64.6. The Hall–Kier alpha value is -1.57. The molecule has 1 fully saturated rings. The van der Waals surface area contributed by atoms with Crippen LogP contribution in [-0.4, -0.2) is 30.8 Å². The molecule has 0 saturated carbocycles. The average Bonchev–Trinajstić information content (AvgIpc) is 2.44. The summed E-state index contributed by atoms with van der Waals surface area (Å²) in [7, 11) is -4.49. The van der Waals surface area contributed by atoms with Crippen LogP contribution in [0.5, 0.6) is 0 Å². The van der Waals surface area contributed by atoms with Crippen molar-refractivity contribution in [3.8, 4) is 0 Å². The lowest BCUT2D eigenvalue weighted by Crippen LogP contribution is -2.68. The fourth-order valence-electron chi connectivity index (χ4n) is 2.68. The number of aryl methyl sites for hydroxylation is 1. The van der Waals surface area contributed by atoms with Crippen LogP contribution < -0.4 is 0 Å². The van der Waals surface area contributed by atoms with E-state index >= 15 is 0 Å². The van der Waals surface area contributed by atoms with Gasteiger partial charge in [-0.25, -0.2) is 12.7 Å². The van der Waals surface area contributed by atoms with Crippen LogP contribution in [0.1, 0.15) is 31.7 Å². The summed E-state index contributed by atoms with van der Waals surface area (Å²) >= 11 is 0. The zero-order valence-electron chi connectivity index (χ0n) is 12.8. The number of sulfonamides is 1. The van der Waals surface area contributed by atoms with Gasteiger partial charge >= 0.3 is 6.18 Å². The minimum Gasteiger partial charge on any atom is -0.273 e. The van der Waals surface area contributed by atoms with E-state index in [-0.39, 0.29) is 15.6 Å². The first-order valence-corrected chi connectivity index (χ1v) is 8.76. The number of rotatable bonds is 5. The van der Waals surface area contributed by atoms with Crippen molar-refractivity contribution in [1.82, 2.24) is 4.31 Å². The van der Waals surface area contributed by atoms with Crippen LogP contribution in [0.2, 0.25) is 0 Å². The molecule has 4 nitrogen and oxygen atoms in total. The highest BCUT2D eigenvalue weighted by Gasteiger charge is 2.64. The second-order valence-corrected chi connectivity index (χ2v) is 7.50. The molecule has 0 aliphatic carbocycles. The van der Waals surface area contributed by atoms with Gasteiger partial charge in [0.15, 0.2) is 6.04 Å². The van der Waals surface area contributed by atoms with Gasteiger partial charge in [-0.15, -0.1) is 0 Å². The third kappa shape index (κ3) is 3.22. The van der Waals surface area contributed by atoms with Gasteiger partial charge < -0.3 is 0 Å². The van der Waals surface area contributed by atoms with E-state index in [0.717, 1.165) is 5.56 Å². The van der Waals surface area contributed by atoms with Gasteiger partial charge in [0.25, 0.3) is 10.0 Å². The Kier molecular flexibility index (Phi) is 4.75. The number of hydrogen-bond donors (Lipinski definition) is 0. The molecule has 1 amide bonds. The van der Waals surface area contributed by atoms with Crippen molar-refractivity contribution in [2.45, 2.75) is 50.2 Å². The molecule has 0 N–H and O–H groups in total. The zero-order chi connectivity index (χ0) is 17.4. The van der Waals surface area contributed by atoms with Gasteiger partial charge in [-0.05, 0) is 25.5 Å². The molecule has 128 valence electrons. The summed E-state index contributed by atoms with van der Waals surface area (Å²) in [5.41, 5.74) is 0.770. The molecule has 0 bridgehead atoms. The van der Waals surface area contributed by atoms with Gasteiger partial charge in [-0.3, -0.25) is 4.79 Å². The molecule has 0 radical (unpaired) electrons. The molecule has 2 unspecified atom stereocenters. The van der Waals surface area contributed by atoms with E-state index in [4.69, 9.17) is 0 Å². The predicted molar refractivity (Wildman–Crippen MR) is 78.1 cm³/mol. The first-order valence-electron chi connectivity index (χ1n) is 7.32. The second kappa shape index (κ2) is 6.14. The summed E-state index contributed by atoms with van der Waals surface area (Å²) in [6.45, 7) is 3.52. The van der Waals surface area contributed by atoms with Crippen LogP contribution >= 0.6 is 0 Å². The number of benzene rings is 1. The van der Waals surface area contributed by atoms with Gasteiger partial charge in [0, 0.05) is 0 Å². The van der Waals surface area contributed by atoms with E-state index in [0.29, 0.717) is 12.8 Å². The second-order valence-electron chi connectivity index (χ2n) is 5.69. The van der Waals surface area contributed by atoms with Crippen LogP contribution in [0.15, 0.2) is 29.2 Å². The third-order valence-electron chi connectivity index (χ3n) is 3.95. The number of carbonyl (C=O) groups is 1. The Balaban J connectivity index is 2.36. The molecule has 1 aromatic rings. The lowest BCUT2D eigenvalue weighted by Gasteiger charge is -2.46. The first-order chi connectivity index (χ1) is 10.6. The molecule has 8 heteroatoms. The Bertz CT molecular complexity index is 683. The molecular weight excluding hydrogens is 331 g/mol. The summed E-state index contributed by atoms with van der Waals surface area (Å²) in [6.07, 6.45) is -3.65. The number of hydrogen-bond acceptors (Lipinski definition) is 3. The minimum atomic E-state index is -4.77. The maximum Gasteiger partial charge on any atom is 0.410 e. The van der Waals surface area contributed by atoms with Crippen LogP contribution in [0, 0.1) is 12.8 Å².